The van der Waals surface area contributed by atoms with Gasteiger partial charge in [0.2, 0.25) is 11.4 Å². The van der Waals surface area contributed by atoms with Crippen LogP contribution in [0.15, 0.2) is 0 Å². The van der Waals surface area contributed by atoms with Crippen LogP contribution in [0.1, 0.15) is 11.9 Å². The fraction of sp³-hybridized carbons (Fsp3) is 0.556. The number of ether oxygens (including phenoxy) is 1. The Morgan fingerprint density at radius 1 is 1.53 bits per heavy atom. The first-order valence-electron chi connectivity index (χ1n) is 5.00. The molecule has 0 aromatic carbocycles. The molecule has 0 saturated carbocycles. The van der Waals surface area contributed by atoms with E-state index in [2.05, 4.69) is 10.2 Å². The molecule has 1 aromatic rings. The van der Waals surface area contributed by atoms with E-state index in [1.54, 1.807) is 14.0 Å². The highest BCUT2D eigenvalue weighted by Gasteiger charge is 2.40. The molecular formula is C9H12N4O3S. The molecule has 1 aromatic heterocycles. The third-order valence-electron chi connectivity index (χ3n) is 2.27. The average Bonchev–Trinajstić information content (AvgIpc) is 2.73. The van der Waals surface area contributed by atoms with Crippen LogP contribution in [0.5, 0.6) is 0 Å². The number of aromatic nitrogens is 2. The molecule has 2 rings (SSSR count). The van der Waals surface area contributed by atoms with Gasteiger partial charge >= 0.3 is 12.0 Å². The summed E-state index contributed by atoms with van der Waals surface area (Å²) in [5, 5.41) is 8.95. The van der Waals surface area contributed by atoms with Crippen LogP contribution >= 0.6 is 11.3 Å². The van der Waals surface area contributed by atoms with Gasteiger partial charge in [0.25, 0.3) is 0 Å². The largest absolute Gasteiger partial charge is 0.439 e. The van der Waals surface area contributed by atoms with E-state index in [0.717, 1.165) is 5.01 Å². The minimum Gasteiger partial charge on any atom is -0.439 e. The summed E-state index contributed by atoms with van der Waals surface area (Å²) in [6.07, 6.45) is -0.627. The van der Waals surface area contributed by atoms with Crippen LogP contribution in [-0.4, -0.2) is 46.9 Å². The molecule has 1 aliphatic heterocycles. The summed E-state index contributed by atoms with van der Waals surface area (Å²) in [4.78, 5) is 25.7. The first kappa shape index (κ1) is 11.8. The van der Waals surface area contributed by atoms with Crippen molar-refractivity contribution in [2.45, 2.75) is 20.1 Å². The van der Waals surface area contributed by atoms with Crippen LogP contribution in [-0.2, 0) is 9.53 Å². The lowest BCUT2D eigenvalue weighted by Crippen LogP contribution is -2.37. The Balaban J connectivity index is 2.27. The second kappa shape index (κ2) is 4.28. The molecule has 1 atom stereocenters. The van der Waals surface area contributed by atoms with Crippen molar-refractivity contribution in [2.75, 3.05) is 18.5 Å². The number of likely N-dealkylation sites (N-methyl/N-ethyl adjacent to an activating group) is 1. The maximum absolute atomic E-state index is 11.9. The van der Waals surface area contributed by atoms with Crippen molar-refractivity contribution in [3.05, 3.63) is 5.01 Å². The molecule has 0 N–H and O–H groups in total. The maximum atomic E-state index is 11.9. The molecule has 7 nitrogen and oxygen atoms in total. The van der Waals surface area contributed by atoms with Gasteiger partial charge in [-0.2, -0.15) is 0 Å². The first-order valence-corrected chi connectivity index (χ1v) is 5.82. The lowest BCUT2D eigenvalue weighted by Gasteiger charge is -2.18. The molecular weight excluding hydrogens is 244 g/mol. The summed E-state index contributed by atoms with van der Waals surface area (Å²) in [7, 11) is 1.65. The molecule has 1 aliphatic rings. The van der Waals surface area contributed by atoms with Crippen molar-refractivity contribution in [1.29, 1.82) is 0 Å². The summed E-state index contributed by atoms with van der Waals surface area (Å²) in [6, 6.07) is -0.243. The van der Waals surface area contributed by atoms with Gasteiger partial charge in [-0.05, 0) is 6.92 Å². The fourth-order valence-corrected chi connectivity index (χ4v) is 2.29. The number of aryl methyl sites for hydroxylation is 1. The Kier molecular flexibility index (Phi) is 2.97. The molecule has 2 amide bonds. The van der Waals surface area contributed by atoms with Gasteiger partial charge in [-0.25, -0.2) is 9.69 Å². The molecule has 0 radical (unpaired) electrons. The number of hydrogen-bond acceptors (Lipinski definition) is 6. The van der Waals surface area contributed by atoms with Crippen LogP contribution in [0, 0.1) is 6.92 Å². The Hall–Kier alpha value is -1.70. The number of anilines is 1. The van der Waals surface area contributed by atoms with Gasteiger partial charge in [0.05, 0.1) is 6.54 Å². The van der Waals surface area contributed by atoms with Crippen molar-refractivity contribution in [2.24, 2.45) is 0 Å². The van der Waals surface area contributed by atoms with Gasteiger partial charge in [0, 0.05) is 14.0 Å². The number of rotatable bonds is 2. The zero-order valence-electron chi connectivity index (χ0n) is 9.71. The summed E-state index contributed by atoms with van der Waals surface area (Å²) in [5.74, 6) is -0.427. The molecule has 0 aliphatic carbocycles. The maximum Gasteiger partial charge on any atom is 0.329 e. The standard InChI is InChI=1S/C9H12N4O3S/c1-5-10-11-8(17-5)13-7(16-6(2)14)4-12(3)9(13)15/h7H,4H2,1-3H3. The highest BCUT2D eigenvalue weighted by Crippen LogP contribution is 2.27. The van der Waals surface area contributed by atoms with Crippen molar-refractivity contribution < 1.29 is 14.3 Å². The quantitative estimate of drug-likeness (QED) is 0.724. The van der Waals surface area contributed by atoms with E-state index in [0.29, 0.717) is 11.7 Å². The molecule has 1 saturated heterocycles. The fourth-order valence-electron chi connectivity index (χ4n) is 1.57. The SMILES string of the molecule is CC(=O)OC1CN(C)C(=O)N1c1nnc(C)s1. The van der Waals surface area contributed by atoms with E-state index in [1.165, 1.54) is 28.1 Å². The molecule has 8 heteroatoms. The number of amides is 2. The molecule has 1 unspecified atom stereocenters. The summed E-state index contributed by atoms with van der Waals surface area (Å²) >= 11 is 1.29. The summed E-state index contributed by atoms with van der Waals surface area (Å²) in [5.41, 5.74) is 0. The minimum atomic E-state index is -0.627. The van der Waals surface area contributed by atoms with E-state index < -0.39 is 12.2 Å². The second-order valence-corrected chi connectivity index (χ2v) is 4.86. The Morgan fingerprint density at radius 2 is 2.24 bits per heavy atom. The van der Waals surface area contributed by atoms with Crippen molar-refractivity contribution in [1.82, 2.24) is 15.1 Å². The number of carbonyl (C=O) groups excluding carboxylic acids is 2. The van der Waals surface area contributed by atoms with Crippen LogP contribution in [0.25, 0.3) is 0 Å². The Morgan fingerprint density at radius 3 is 2.76 bits per heavy atom. The molecule has 92 valence electrons. The Bertz CT molecular complexity index is 461. The summed E-state index contributed by atoms with van der Waals surface area (Å²) < 4.78 is 5.09. The lowest BCUT2D eigenvalue weighted by molar-refractivity contribution is -0.145. The third-order valence-corrected chi connectivity index (χ3v) is 3.11. The highest BCUT2D eigenvalue weighted by atomic mass is 32.1. The van der Waals surface area contributed by atoms with Gasteiger partial charge in [-0.15, -0.1) is 10.2 Å². The highest BCUT2D eigenvalue weighted by molar-refractivity contribution is 7.15. The number of urea groups is 1. The van der Waals surface area contributed by atoms with E-state index in [-0.39, 0.29) is 6.03 Å². The topological polar surface area (TPSA) is 75.6 Å². The predicted octanol–water partition coefficient (Wildman–Crippen LogP) is 0.608. The molecule has 17 heavy (non-hydrogen) atoms. The first-order chi connectivity index (χ1) is 7.99. The van der Waals surface area contributed by atoms with Crippen LogP contribution in [0.3, 0.4) is 0 Å². The van der Waals surface area contributed by atoms with Gasteiger partial charge in [-0.3, -0.25) is 4.79 Å². The molecule has 2 heterocycles. The van der Waals surface area contributed by atoms with Crippen LogP contribution < -0.4 is 4.90 Å². The minimum absolute atomic E-state index is 0.243. The third kappa shape index (κ3) is 2.21. The predicted molar refractivity (Wildman–Crippen MR) is 60.7 cm³/mol. The monoisotopic (exact) mass is 256 g/mol. The normalized spacial score (nSPS) is 19.9. The molecule has 0 bridgehead atoms. The lowest BCUT2D eigenvalue weighted by atomic mass is 10.5. The summed E-state index contributed by atoms with van der Waals surface area (Å²) in [6.45, 7) is 3.44. The number of carbonyl (C=O) groups is 2. The van der Waals surface area contributed by atoms with Crippen molar-refractivity contribution in [3.63, 3.8) is 0 Å². The van der Waals surface area contributed by atoms with Gasteiger partial charge < -0.3 is 9.64 Å². The number of hydrogen-bond donors (Lipinski definition) is 0. The van der Waals surface area contributed by atoms with Gasteiger partial charge in [0.1, 0.15) is 5.01 Å². The average molecular weight is 256 g/mol. The smallest absolute Gasteiger partial charge is 0.329 e. The molecule has 0 spiro atoms. The zero-order chi connectivity index (χ0) is 12.6. The van der Waals surface area contributed by atoms with Gasteiger partial charge in [-0.1, -0.05) is 11.3 Å². The van der Waals surface area contributed by atoms with E-state index in [9.17, 15) is 9.59 Å². The molecule has 1 fully saturated rings. The van der Waals surface area contributed by atoms with Crippen LogP contribution in [0.2, 0.25) is 0 Å². The van der Waals surface area contributed by atoms with Crippen molar-refractivity contribution in [3.8, 4) is 0 Å². The van der Waals surface area contributed by atoms with E-state index in [1.807, 2.05) is 0 Å². The van der Waals surface area contributed by atoms with E-state index in [4.69, 9.17) is 4.74 Å². The van der Waals surface area contributed by atoms with Crippen molar-refractivity contribution >= 4 is 28.5 Å². The zero-order valence-corrected chi connectivity index (χ0v) is 10.5. The Labute approximate surface area is 102 Å². The number of esters is 1. The van der Waals surface area contributed by atoms with Crippen LogP contribution in [0.4, 0.5) is 9.93 Å². The number of nitrogens with zero attached hydrogens (tertiary/aromatic N) is 4. The second-order valence-electron chi connectivity index (χ2n) is 3.70. The van der Waals surface area contributed by atoms with E-state index >= 15 is 0 Å². The van der Waals surface area contributed by atoms with Gasteiger partial charge in [0.15, 0.2) is 0 Å².